The van der Waals surface area contributed by atoms with Crippen LogP contribution < -0.4 is 47.0 Å². The highest BCUT2D eigenvalue weighted by Crippen LogP contribution is 2.49. The molecule has 34 heteroatoms. The summed E-state index contributed by atoms with van der Waals surface area (Å²) in [6, 6.07) is 22.9. The van der Waals surface area contributed by atoms with Gasteiger partial charge in [0.25, 0.3) is 16.7 Å². The van der Waals surface area contributed by atoms with Gasteiger partial charge in [-0.1, -0.05) is 54.6 Å². The minimum Gasteiger partial charge on any atom is -0.496 e. The fourth-order valence-corrected chi connectivity index (χ4v) is 19.2. The number of nitrogens with zero attached hydrogens (tertiary/aromatic N) is 5. The first-order valence-electron chi connectivity index (χ1n) is 36.7. The van der Waals surface area contributed by atoms with Crippen LogP contribution in [-0.2, 0) is 80.2 Å². The van der Waals surface area contributed by atoms with Crippen molar-refractivity contribution >= 4 is 130 Å². The lowest BCUT2D eigenvalue weighted by Gasteiger charge is -2.29. The van der Waals surface area contributed by atoms with Crippen LogP contribution in [0.5, 0.6) is 23.3 Å². The number of halogens is 3. The van der Waals surface area contributed by atoms with Gasteiger partial charge in [-0.25, -0.2) is 37.7 Å². The summed E-state index contributed by atoms with van der Waals surface area (Å²) in [5.74, 6) is 0.473. The topological polar surface area (TPSA) is 325 Å². The molecular formula is C78H89Br3N6O22S3. The van der Waals surface area contributed by atoms with Gasteiger partial charge in [-0.3, -0.25) is 23.9 Å². The molecule has 0 spiro atoms. The molecule has 9 aromatic rings. The van der Waals surface area contributed by atoms with Gasteiger partial charge in [0.15, 0.2) is 0 Å². The zero-order valence-corrected chi connectivity index (χ0v) is 70.6. The van der Waals surface area contributed by atoms with Crippen molar-refractivity contribution in [2.45, 2.75) is 158 Å². The maximum atomic E-state index is 14.0. The molecule has 0 amide bonds. The molecule has 6 fully saturated rings. The second-order valence-corrected chi connectivity index (χ2v) is 34.8. The van der Waals surface area contributed by atoms with E-state index in [0.717, 1.165) is 111 Å². The van der Waals surface area contributed by atoms with Gasteiger partial charge in [-0.15, -0.1) is 34.0 Å². The standard InChI is InChI=1S/2C26H29BrN2O7S.C14H20O4.C12H11BrN2O4S/c1-15-20-22(37-21(15)27)28-25(29(23(20)30)26(10-11-26)24(31)33-3)35-14-19(36-16-8-12-34-13-9-16)17-6-4-5-7-18(17)32-2;1-15-20-22(30)29(26(10-11-26)24(31)34-3)25(32)28(23(20)37-21(15)27)14-19(36-16-8-12-35-13-9-16)17-6-4-5-7-18(17)33-2;1-16-13-5-3-2-4-12(13)14(10-15)18-11-6-8-17-9-7-11;1-5-6-8(20-7(5)13)14-11(18)15(9(6)16)12(3-4-12)10(17)19-2/h2*4-7,16,19H,8-14H2,1-3H3;2-5,11,14-15H,6-10H2,1H3;3-4H2,1-2H3,(H,14,18). The molecule has 3 atom stereocenters. The van der Waals surface area contributed by atoms with Crippen molar-refractivity contribution in [2.75, 3.05) is 95.5 Å². The predicted molar refractivity (Wildman–Crippen MR) is 430 cm³/mol. The Labute approximate surface area is 680 Å². The molecule has 2 N–H and O–H groups in total. The van der Waals surface area contributed by atoms with Crippen molar-refractivity contribution in [1.82, 2.24) is 28.2 Å². The third kappa shape index (κ3) is 17.3. The van der Waals surface area contributed by atoms with E-state index in [9.17, 15) is 43.5 Å². The first-order valence-corrected chi connectivity index (χ1v) is 41.5. The molecule has 3 aliphatic carbocycles. The van der Waals surface area contributed by atoms with Gasteiger partial charge >= 0.3 is 35.3 Å². The van der Waals surface area contributed by atoms with E-state index >= 15 is 0 Å². The number of rotatable bonds is 24. The minimum atomic E-state index is -1.28. The molecule has 602 valence electrons. The van der Waals surface area contributed by atoms with E-state index in [2.05, 4.69) is 52.8 Å². The zero-order valence-electron chi connectivity index (χ0n) is 63.4. The fourth-order valence-electron chi connectivity index (χ4n) is 14.4. The van der Waals surface area contributed by atoms with Crippen LogP contribution >= 0.6 is 81.8 Å². The Kier molecular flexibility index (Phi) is 27.4. The summed E-state index contributed by atoms with van der Waals surface area (Å²) in [4.78, 5) is 113. The lowest BCUT2D eigenvalue weighted by Crippen LogP contribution is -2.49. The first kappa shape index (κ1) is 84.0. The molecule has 3 saturated heterocycles. The number of aryl methyl sites for hydroxylation is 3. The summed E-state index contributed by atoms with van der Waals surface area (Å²) in [6.07, 6.45) is 6.10. The number of fused-ring (bicyclic) bond motifs is 3. The molecule has 3 aromatic carbocycles. The van der Waals surface area contributed by atoms with Crippen molar-refractivity contribution < 1.29 is 81.1 Å². The Morgan fingerprint density at radius 1 is 0.518 bits per heavy atom. The van der Waals surface area contributed by atoms with Gasteiger partial charge in [-0.05, 0) is 181 Å². The van der Waals surface area contributed by atoms with Crippen LogP contribution in [0.3, 0.4) is 0 Å². The number of aromatic nitrogens is 6. The van der Waals surface area contributed by atoms with Crippen LogP contribution in [-0.4, -0.2) is 165 Å². The number of ether oxygens (including phenoxy) is 13. The molecule has 0 bridgehead atoms. The average molecular weight is 1800 g/mol. The van der Waals surface area contributed by atoms with Crippen molar-refractivity contribution in [2.24, 2.45) is 0 Å². The second-order valence-electron chi connectivity index (χ2n) is 27.8. The Bertz CT molecular complexity index is 5230. The number of aliphatic hydroxyl groups excluding tert-OH is 1. The fraction of sp³-hybridized carbons (Fsp3) is 0.500. The van der Waals surface area contributed by atoms with Crippen LogP contribution in [0.15, 0.2) is 108 Å². The monoisotopic (exact) mass is 1790 g/mol. The molecule has 3 unspecified atom stereocenters. The normalized spacial score (nSPS) is 17.8. The number of para-hydroxylation sites is 3. The van der Waals surface area contributed by atoms with Crippen LogP contribution in [0.2, 0.25) is 0 Å². The van der Waals surface area contributed by atoms with Crippen LogP contribution in [0, 0.1) is 20.8 Å². The molecule has 3 aliphatic heterocycles. The Hall–Kier alpha value is -7.45. The summed E-state index contributed by atoms with van der Waals surface area (Å²) in [6.45, 7) is 9.59. The highest BCUT2D eigenvalue weighted by molar-refractivity contribution is 9.11. The maximum Gasteiger partial charge on any atom is 0.333 e. The number of methoxy groups -OCH3 is 6. The molecule has 6 aliphatic rings. The second kappa shape index (κ2) is 36.6. The first-order chi connectivity index (χ1) is 54.0. The lowest BCUT2D eigenvalue weighted by atomic mass is 10.1. The third-order valence-electron chi connectivity index (χ3n) is 21.0. The van der Waals surface area contributed by atoms with E-state index in [4.69, 9.17) is 66.6 Å². The van der Waals surface area contributed by atoms with Gasteiger partial charge in [0.2, 0.25) is 0 Å². The number of aliphatic hydroxyl groups is 1. The number of benzene rings is 3. The summed E-state index contributed by atoms with van der Waals surface area (Å²) in [7, 11) is 8.70. The van der Waals surface area contributed by atoms with Gasteiger partial charge in [0.1, 0.15) is 73.3 Å². The van der Waals surface area contributed by atoms with E-state index in [-0.39, 0.29) is 55.7 Å². The van der Waals surface area contributed by atoms with E-state index in [0.29, 0.717) is 107 Å². The third-order valence-corrected chi connectivity index (χ3v) is 27.3. The minimum absolute atomic E-state index is 0.00867. The smallest absolute Gasteiger partial charge is 0.333 e. The molecule has 112 heavy (non-hydrogen) atoms. The SMILES string of the molecule is COC(=O)C1(n2c(=O)[nH]c3sc(Br)c(C)c3c2=O)CC1.COC(=O)C1(n2c(=O)c3c(C)c(Br)sc3n(CC(OC3CCOCC3)c3ccccc3OC)c2=O)CC1.COC(=O)C1(n2c(OCC(OC3CCOCC3)c3ccccc3OC)nc3sc(Br)c(C)c3c2=O)CC1.COc1ccccc1C(CO)OC1CCOCC1. The molecule has 6 aromatic heterocycles. The number of nitrogens with one attached hydrogen (secondary N) is 1. The largest absolute Gasteiger partial charge is 0.496 e. The Morgan fingerprint density at radius 3 is 1.37 bits per heavy atom. The summed E-state index contributed by atoms with van der Waals surface area (Å²) < 4.78 is 80.4. The Morgan fingerprint density at radius 2 is 0.902 bits per heavy atom. The number of thiophene rings is 3. The van der Waals surface area contributed by atoms with Gasteiger partial charge < -0.3 is 66.7 Å². The highest BCUT2D eigenvalue weighted by atomic mass is 79.9. The van der Waals surface area contributed by atoms with Gasteiger partial charge in [0.05, 0.1) is 102 Å². The molecule has 9 heterocycles. The van der Waals surface area contributed by atoms with E-state index in [1.54, 1.807) is 32.8 Å². The number of carbonyl (C=O) groups excluding carboxylic acids is 3. The number of hydrogen-bond acceptors (Lipinski definition) is 26. The summed E-state index contributed by atoms with van der Waals surface area (Å²) in [5.41, 5.74) is -1.07. The summed E-state index contributed by atoms with van der Waals surface area (Å²) >= 11 is 14.4. The van der Waals surface area contributed by atoms with E-state index in [1.807, 2.05) is 86.6 Å². The van der Waals surface area contributed by atoms with Crippen molar-refractivity contribution in [3.05, 3.63) is 170 Å². The van der Waals surface area contributed by atoms with Crippen LogP contribution in [0.1, 0.15) is 129 Å². The average Bonchev–Trinajstić information content (AvgIpc) is 1.57. The number of H-pyrrole nitrogens is 1. The number of carbonyl (C=O) groups is 3. The molecule has 3 saturated carbocycles. The lowest BCUT2D eigenvalue weighted by molar-refractivity contribution is -0.147. The molecule has 15 rings (SSSR count). The molecule has 0 radical (unpaired) electrons. The van der Waals surface area contributed by atoms with Crippen molar-refractivity contribution in [3.63, 3.8) is 0 Å². The molecular weight excluding hydrogens is 1710 g/mol. The van der Waals surface area contributed by atoms with Gasteiger partial charge in [0, 0.05) is 56.3 Å². The van der Waals surface area contributed by atoms with E-state index in [1.165, 1.54) is 59.9 Å². The summed E-state index contributed by atoms with van der Waals surface area (Å²) in [5, 5.41) is 10.8. The van der Waals surface area contributed by atoms with E-state index < -0.39 is 69.2 Å². The van der Waals surface area contributed by atoms with Gasteiger partial charge in [-0.2, -0.15) is 4.98 Å². The Balaban J connectivity index is 0.000000145. The number of esters is 3. The number of aromatic amines is 1. The van der Waals surface area contributed by atoms with Crippen molar-refractivity contribution in [3.8, 4) is 23.3 Å². The number of hydrogen-bond donors (Lipinski definition) is 2. The van der Waals surface area contributed by atoms with Crippen LogP contribution in [0.25, 0.3) is 30.6 Å². The van der Waals surface area contributed by atoms with Crippen LogP contribution in [0.4, 0.5) is 0 Å². The zero-order chi connectivity index (χ0) is 79.9. The van der Waals surface area contributed by atoms with Crippen molar-refractivity contribution in [1.29, 1.82) is 0 Å². The predicted octanol–water partition coefficient (Wildman–Crippen LogP) is 11.8. The highest BCUT2D eigenvalue weighted by Gasteiger charge is 2.58. The molecule has 28 nitrogen and oxygen atoms in total. The maximum absolute atomic E-state index is 14.0. The quantitative estimate of drug-likeness (QED) is 0.0419.